The number of urea groups is 1. The summed E-state index contributed by atoms with van der Waals surface area (Å²) in [5.41, 5.74) is 4.74. The van der Waals surface area contributed by atoms with Crippen molar-refractivity contribution < 1.29 is 9.72 Å². The van der Waals surface area contributed by atoms with Crippen molar-refractivity contribution >= 4 is 17.4 Å². The van der Waals surface area contributed by atoms with Gasteiger partial charge in [-0.05, 0) is 6.07 Å². The van der Waals surface area contributed by atoms with Gasteiger partial charge in [-0.15, -0.1) is 0 Å². The van der Waals surface area contributed by atoms with E-state index in [1.807, 2.05) is 0 Å². The Balaban J connectivity index is 3.04. The predicted octanol–water partition coefficient (Wildman–Crippen LogP) is 1.09. The second-order valence-corrected chi connectivity index (χ2v) is 2.26. The van der Waals surface area contributed by atoms with E-state index in [4.69, 9.17) is 5.73 Å². The third-order valence-corrected chi connectivity index (χ3v) is 1.36. The van der Waals surface area contributed by atoms with E-state index < -0.39 is 11.0 Å². The van der Waals surface area contributed by atoms with Crippen LogP contribution in [-0.2, 0) is 0 Å². The van der Waals surface area contributed by atoms with Crippen LogP contribution in [-0.4, -0.2) is 11.0 Å². The molecule has 1 rings (SSSR count). The van der Waals surface area contributed by atoms with Crippen LogP contribution in [0.2, 0.25) is 0 Å². The third-order valence-electron chi connectivity index (χ3n) is 1.36. The largest absolute Gasteiger partial charge is 0.351 e. The smallest absolute Gasteiger partial charge is 0.316 e. The van der Waals surface area contributed by atoms with E-state index in [9.17, 15) is 14.9 Å². The molecule has 6 nitrogen and oxygen atoms in total. The van der Waals surface area contributed by atoms with Crippen molar-refractivity contribution in [1.29, 1.82) is 0 Å². The lowest BCUT2D eigenvalue weighted by atomic mass is 10.3. The van der Waals surface area contributed by atoms with Crippen molar-refractivity contribution in [2.24, 2.45) is 5.73 Å². The fraction of sp³-hybridized carbons (Fsp3) is 0. The Kier molecular flexibility index (Phi) is 2.44. The zero-order chi connectivity index (χ0) is 9.84. The molecule has 6 heteroatoms. The number of nitrogens with two attached hydrogens (primary N) is 1. The molecule has 0 unspecified atom stereocenters. The molecule has 2 amide bonds. The van der Waals surface area contributed by atoms with Crippen LogP contribution in [0.1, 0.15) is 0 Å². The van der Waals surface area contributed by atoms with E-state index in [2.05, 4.69) is 5.32 Å². The highest BCUT2D eigenvalue weighted by Crippen LogP contribution is 2.22. The molecule has 0 aliphatic rings. The molecular formula is C7H7N3O3. The number of para-hydroxylation sites is 2. The Morgan fingerprint density at radius 2 is 2.08 bits per heavy atom. The van der Waals surface area contributed by atoms with Crippen molar-refractivity contribution in [3.63, 3.8) is 0 Å². The topological polar surface area (TPSA) is 98.3 Å². The molecule has 0 bridgehead atoms. The van der Waals surface area contributed by atoms with Gasteiger partial charge < -0.3 is 11.1 Å². The molecule has 0 aliphatic carbocycles. The minimum absolute atomic E-state index is 0.0972. The van der Waals surface area contributed by atoms with E-state index in [0.717, 1.165) is 0 Å². The first-order chi connectivity index (χ1) is 6.11. The number of carbonyl (C=O) groups excluding carboxylic acids is 1. The number of primary amides is 1. The average Bonchev–Trinajstić information content (AvgIpc) is 2.03. The molecule has 0 saturated carbocycles. The highest BCUT2D eigenvalue weighted by Gasteiger charge is 2.12. The van der Waals surface area contributed by atoms with Crippen LogP contribution in [0.3, 0.4) is 0 Å². The molecule has 1 aromatic rings. The van der Waals surface area contributed by atoms with Gasteiger partial charge in [0.2, 0.25) is 0 Å². The molecule has 68 valence electrons. The second-order valence-electron chi connectivity index (χ2n) is 2.26. The number of rotatable bonds is 2. The van der Waals surface area contributed by atoms with Crippen molar-refractivity contribution in [1.82, 2.24) is 0 Å². The minimum atomic E-state index is -0.825. The summed E-state index contributed by atoms with van der Waals surface area (Å²) in [6.07, 6.45) is 0. The molecule has 0 aromatic heterocycles. The van der Waals surface area contributed by atoms with Crippen molar-refractivity contribution in [3.05, 3.63) is 34.4 Å². The standard InChI is InChI=1S/C7H7N3O3/c8-7(11)9-5-3-1-2-4-6(5)10(12)13/h1-4H,(H3,8,9,11). The van der Waals surface area contributed by atoms with Gasteiger partial charge in [0.05, 0.1) is 4.92 Å². The number of nitrogens with one attached hydrogen (secondary N) is 1. The molecule has 0 atom stereocenters. The maximum absolute atomic E-state index is 10.4. The van der Waals surface area contributed by atoms with Gasteiger partial charge in [0.15, 0.2) is 0 Å². The summed E-state index contributed by atoms with van der Waals surface area (Å²) in [4.78, 5) is 20.3. The number of hydrogen-bond acceptors (Lipinski definition) is 3. The van der Waals surface area contributed by atoms with E-state index >= 15 is 0 Å². The monoisotopic (exact) mass is 181 g/mol. The van der Waals surface area contributed by atoms with Gasteiger partial charge in [-0.2, -0.15) is 0 Å². The molecule has 13 heavy (non-hydrogen) atoms. The number of anilines is 1. The Hall–Kier alpha value is -2.11. The fourth-order valence-electron chi connectivity index (χ4n) is 0.871. The number of amides is 2. The molecular weight excluding hydrogens is 174 g/mol. The average molecular weight is 181 g/mol. The molecule has 0 spiro atoms. The Labute approximate surface area is 73.5 Å². The van der Waals surface area contributed by atoms with Gasteiger partial charge in [0, 0.05) is 6.07 Å². The number of hydrogen-bond donors (Lipinski definition) is 2. The summed E-state index contributed by atoms with van der Waals surface area (Å²) in [7, 11) is 0. The number of nitro benzene ring substituents is 1. The van der Waals surface area contributed by atoms with Gasteiger partial charge in [-0.1, -0.05) is 12.1 Å². The zero-order valence-corrected chi connectivity index (χ0v) is 6.56. The van der Waals surface area contributed by atoms with Crippen molar-refractivity contribution in [3.8, 4) is 0 Å². The number of carbonyl (C=O) groups is 1. The second kappa shape index (κ2) is 3.53. The quantitative estimate of drug-likeness (QED) is 0.527. The normalized spacial score (nSPS) is 9.23. The molecule has 0 radical (unpaired) electrons. The lowest BCUT2D eigenvalue weighted by molar-refractivity contribution is -0.383. The van der Waals surface area contributed by atoms with Crippen molar-refractivity contribution in [2.45, 2.75) is 0 Å². The van der Waals surface area contributed by atoms with Crippen LogP contribution in [0.4, 0.5) is 16.2 Å². The summed E-state index contributed by atoms with van der Waals surface area (Å²) in [5, 5.41) is 12.6. The number of benzene rings is 1. The van der Waals surface area contributed by atoms with E-state index in [0.29, 0.717) is 0 Å². The van der Waals surface area contributed by atoms with E-state index in [-0.39, 0.29) is 11.4 Å². The molecule has 0 fully saturated rings. The third kappa shape index (κ3) is 2.16. The summed E-state index contributed by atoms with van der Waals surface area (Å²) in [6.45, 7) is 0. The minimum Gasteiger partial charge on any atom is -0.351 e. The molecule has 1 aromatic carbocycles. The summed E-state index contributed by atoms with van der Waals surface area (Å²) >= 11 is 0. The maximum atomic E-state index is 10.4. The highest BCUT2D eigenvalue weighted by molar-refractivity contribution is 5.90. The highest BCUT2D eigenvalue weighted by atomic mass is 16.6. The SMILES string of the molecule is NC(=O)Nc1ccccc1[N+](=O)[O-]. The molecule has 0 heterocycles. The number of nitro groups is 1. The summed E-state index contributed by atoms with van der Waals surface area (Å²) in [5.74, 6) is 0. The Morgan fingerprint density at radius 3 is 2.62 bits per heavy atom. The summed E-state index contributed by atoms with van der Waals surface area (Å²) in [6, 6.07) is 4.94. The Bertz CT molecular complexity index is 351. The van der Waals surface area contributed by atoms with Gasteiger partial charge in [0.25, 0.3) is 5.69 Å². The van der Waals surface area contributed by atoms with Gasteiger partial charge in [-0.3, -0.25) is 10.1 Å². The van der Waals surface area contributed by atoms with Crippen LogP contribution in [0.5, 0.6) is 0 Å². The van der Waals surface area contributed by atoms with E-state index in [1.54, 1.807) is 6.07 Å². The molecule has 3 N–H and O–H groups in total. The number of nitrogens with zero attached hydrogens (tertiary/aromatic N) is 1. The summed E-state index contributed by atoms with van der Waals surface area (Å²) < 4.78 is 0. The van der Waals surface area contributed by atoms with Crippen molar-refractivity contribution in [2.75, 3.05) is 5.32 Å². The van der Waals surface area contributed by atoms with Crippen LogP contribution in [0.15, 0.2) is 24.3 Å². The van der Waals surface area contributed by atoms with Gasteiger partial charge in [0.1, 0.15) is 5.69 Å². The zero-order valence-electron chi connectivity index (χ0n) is 6.56. The maximum Gasteiger partial charge on any atom is 0.316 e. The van der Waals surface area contributed by atoms with Crippen LogP contribution in [0, 0.1) is 10.1 Å². The van der Waals surface area contributed by atoms with Gasteiger partial charge in [-0.25, -0.2) is 4.79 Å². The molecule has 0 aliphatic heterocycles. The first kappa shape index (κ1) is 8.98. The first-order valence-corrected chi connectivity index (χ1v) is 3.41. The fourth-order valence-corrected chi connectivity index (χ4v) is 0.871. The van der Waals surface area contributed by atoms with E-state index in [1.165, 1.54) is 18.2 Å². The molecule has 0 saturated heterocycles. The lowest BCUT2D eigenvalue weighted by Crippen LogP contribution is -2.19. The lowest BCUT2D eigenvalue weighted by Gasteiger charge is -2.01. The predicted molar refractivity (Wildman–Crippen MR) is 46.3 cm³/mol. The van der Waals surface area contributed by atoms with Crippen LogP contribution in [0.25, 0.3) is 0 Å². The first-order valence-electron chi connectivity index (χ1n) is 3.41. The van der Waals surface area contributed by atoms with Crippen LogP contribution < -0.4 is 11.1 Å². The van der Waals surface area contributed by atoms with Crippen LogP contribution >= 0.6 is 0 Å². The van der Waals surface area contributed by atoms with Gasteiger partial charge >= 0.3 is 6.03 Å². The Morgan fingerprint density at radius 1 is 1.46 bits per heavy atom.